The Balaban J connectivity index is 4.15. The molecule has 0 rings (SSSR count). The minimum atomic E-state index is -1.52. The van der Waals surface area contributed by atoms with Crippen molar-refractivity contribution in [3.05, 3.63) is 0 Å². The second kappa shape index (κ2) is 4.12. The van der Waals surface area contributed by atoms with E-state index in [4.69, 9.17) is 5.11 Å². The molecular formula is C5H7O4P. The van der Waals surface area contributed by atoms with Gasteiger partial charge in [0.2, 0.25) is 0 Å². The first-order valence-corrected chi connectivity index (χ1v) is 3.61. The molecule has 0 bridgehead atoms. The van der Waals surface area contributed by atoms with Gasteiger partial charge in [-0.2, -0.15) is 0 Å². The van der Waals surface area contributed by atoms with E-state index in [0.29, 0.717) is 0 Å². The molecule has 1 N–H and O–H groups in total. The first kappa shape index (κ1) is 9.24. The molecule has 0 radical (unpaired) electrons. The van der Waals surface area contributed by atoms with Crippen molar-refractivity contribution in [3.63, 3.8) is 0 Å². The molecule has 0 aromatic rings. The van der Waals surface area contributed by atoms with Crippen LogP contribution in [0.4, 0.5) is 0 Å². The van der Waals surface area contributed by atoms with Crippen LogP contribution in [0.2, 0.25) is 0 Å². The van der Waals surface area contributed by atoms with Gasteiger partial charge in [0.15, 0.2) is 8.46 Å². The fraction of sp³-hybridized carbons (Fsp3) is 0.600. The van der Waals surface area contributed by atoms with E-state index in [0.717, 1.165) is 0 Å². The zero-order chi connectivity index (χ0) is 8.15. The lowest BCUT2D eigenvalue weighted by atomic mass is 10.2. The second-order valence-corrected chi connectivity index (χ2v) is 2.53. The number of carboxylic acid groups (broad SMARTS) is 1. The molecule has 0 saturated heterocycles. The molecule has 10 heavy (non-hydrogen) atoms. The lowest BCUT2D eigenvalue weighted by molar-refractivity contribution is -0.148. The number of hydrogen-bond acceptors (Lipinski definition) is 3. The van der Waals surface area contributed by atoms with Crippen molar-refractivity contribution in [2.45, 2.75) is 19.0 Å². The quantitative estimate of drug-likeness (QED) is 0.488. The van der Waals surface area contributed by atoms with E-state index < -0.39 is 25.9 Å². The smallest absolute Gasteiger partial charge is 0.373 e. The molecule has 56 valence electrons. The van der Waals surface area contributed by atoms with Crippen LogP contribution >= 0.6 is 8.46 Å². The van der Waals surface area contributed by atoms with Gasteiger partial charge in [-0.15, -0.1) is 0 Å². The van der Waals surface area contributed by atoms with Gasteiger partial charge in [0.25, 0.3) is 5.78 Å². The molecule has 5 heteroatoms. The lowest BCUT2D eigenvalue weighted by Crippen LogP contribution is -2.22. The third-order valence-electron chi connectivity index (χ3n) is 1.03. The van der Waals surface area contributed by atoms with Crippen LogP contribution in [-0.2, 0) is 14.2 Å². The number of aliphatic carboxylic acids is 1. The fourth-order valence-corrected chi connectivity index (χ4v) is 0.806. The summed E-state index contributed by atoms with van der Waals surface area (Å²) in [4.78, 5) is 20.5. The van der Waals surface area contributed by atoms with Crippen molar-refractivity contribution < 1.29 is 19.3 Å². The van der Waals surface area contributed by atoms with E-state index in [1.54, 1.807) is 6.92 Å². The molecule has 1 atom stereocenters. The minimum absolute atomic E-state index is 0.288. The SMILES string of the molecule is CCC(P=O)C(=O)C(=O)O. The summed E-state index contributed by atoms with van der Waals surface area (Å²) >= 11 is 0. The number of carbonyl (C=O) groups is 2. The zero-order valence-electron chi connectivity index (χ0n) is 5.40. The van der Waals surface area contributed by atoms with E-state index in [1.165, 1.54) is 0 Å². The van der Waals surface area contributed by atoms with Crippen LogP contribution in [-0.4, -0.2) is 22.5 Å². The maximum Gasteiger partial charge on any atom is 0.373 e. The highest BCUT2D eigenvalue weighted by Crippen LogP contribution is 2.11. The van der Waals surface area contributed by atoms with Gasteiger partial charge in [0.05, 0.1) is 0 Å². The summed E-state index contributed by atoms with van der Waals surface area (Å²) in [5.41, 5.74) is -0.877. The van der Waals surface area contributed by atoms with Crippen LogP contribution in [0.1, 0.15) is 13.3 Å². The number of hydrogen-bond donors (Lipinski definition) is 1. The number of rotatable bonds is 4. The Kier molecular flexibility index (Phi) is 3.81. The Morgan fingerprint density at radius 2 is 2.10 bits per heavy atom. The molecule has 0 fully saturated rings. The highest BCUT2D eigenvalue weighted by atomic mass is 31.1. The maximum absolute atomic E-state index is 10.5. The van der Waals surface area contributed by atoms with Gasteiger partial charge >= 0.3 is 5.97 Å². The van der Waals surface area contributed by atoms with Crippen molar-refractivity contribution in [2.75, 3.05) is 0 Å². The average Bonchev–Trinajstić information content (AvgIpc) is 1.90. The molecule has 1 unspecified atom stereocenters. The van der Waals surface area contributed by atoms with Crippen molar-refractivity contribution in [2.24, 2.45) is 0 Å². The summed E-state index contributed by atoms with van der Waals surface area (Å²) in [6, 6.07) is 0. The summed E-state index contributed by atoms with van der Waals surface area (Å²) in [6.45, 7) is 1.61. The van der Waals surface area contributed by atoms with E-state index in [9.17, 15) is 14.2 Å². The van der Waals surface area contributed by atoms with Gasteiger partial charge < -0.3 is 5.11 Å². The Bertz CT molecular complexity index is 165. The van der Waals surface area contributed by atoms with E-state index in [-0.39, 0.29) is 6.42 Å². The molecule has 0 spiro atoms. The zero-order valence-corrected chi connectivity index (χ0v) is 6.30. The van der Waals surface area contributed by atoms with Gasteiger partial charge in [0.1, 0.15) is 5.66 Å². The number of ketones is 1. The summed E-state index contributed by atoms with van der Waals surface area (Å²) in [6.07, 6.45) is 0.288. The summed E-state index contributed by atoms with van der Waals surface area (Å²) in [7, 11) is -0.416. The second-order valence-electron chi connectivity index (χ2n) is 1.70. The van der Waals surface area contributed by atoms with Crippen LogP contribution in [0.3, 0.4) is 0 Å². The predicted molar refractivity (Wildman–Crippen MR) is 34.3 cm³/mol. The molecule has 4 nitrogen and oxygen atoms in total. The van der Waals surface area contributed by atoms with Crippen molar-refractivity contribution in [1.82, 2.24) is 0 Å². The van der Waals surface area contributed by atoms with Crippen LogP contribution in [0.5, 0.6) is 0 Å². The standard InChI is InChI=1S/C5H7O4P/c1-2-3(10-9)4(6)5(7)8/h3H,2H2,1H3,(H,7,8). The van der Waals surface area contributed by atoms with E-state index in [1.807, 2.05) is 0 Å². The van der Waals surface area contributed by atoms with Gasteiger partial charge in [-0.1, -0.05) is 6.92 Å². The molecule has 0 saturated carbocycles. The first-order chi connectivity index (χ1) is 4.63. The number of carboxylic acids is 1. The monoisotopic (exact) mass is 162 g/mol. The van der Waals surface area contributed by atoms with Gasteiger partial charge in [-0.05, 0) is 6.42 Å². The molecule has 0 aliphatic carbocycles. The van der Waals surface area contributed by atoms with Crippen molar-refractivity contribution >= 4 is 20.2 Å². The van der Waals surface area contributed by atoms with Gasteiger partial charge in [0, 0.05) is 0 Å². The largest absolute Gasteiger partial charge is 0.475 e. The minimum Gasteiger partial charge on any atom is -0.475 e. The third kappa shape index (κ3) is 2.23. The van der Waals surface area contributed by atoms with Gasteiger partial charge in [-0.25, -0.2) is 4.79 Å². The topological polar surface area (TPSA) is 71.4 Å². The average molecular weight is 162 g/mol. The molecule has 0 aliphatic heterocycles. The molecular weight excluding hydrogens is 155 g/mol. The van der Waals surface area contributed by atoms with E-state index >= 15 is 0 Å². The predicted octanol–water partition coefficient (Wildman–Crippen LogP) is 0.710. The lowest BCUT2D eigenvalue weighted by Gasteiger charge is -1.97. The molecule has 0 aromatic heterocycles. The first-order valence-electron chi connectivity index (χ1n) is 2.73. The van der Waals surface area contributed by atoms with Crippen LogP contribution in [0.15, 0.2) is 0 Å². The van der Waals surface area contributed by atoms with Crippen LogP contribution < -0.4 is 0 Å². The Labute approximate surface area is 59.4 Å². The van der Waals surface area contributed by atoms with Crippen molar-refractivity contribution in [1.29, 1.82) is 0 Å². The number of carbonyl (C=O) groups excluding carboxylic acids is 1. The summed E-state index contributed by atoms with van der Waals surface area (Å²) < 4.78 is 10.1. The van der Waals surface area contributed by atoms with Crippen LogP contribution in [0.25, 0.3) is 0 Å². The molecule has 0 aliphatic rings. The fourth-order valence-electron chi connectivity index (χ4n) is 0.450. The molecule has 0 amide bonds. The Morgan fingerprint density at radius 3 is 2.20 bits per heavy atom. The third-order valence-corrected chi connectivity index (χ3v) is 1.88. The highest BCUT2D eigenvalue weighted by molar-refractivity contribution is 7.27. The summed E-state index contributed by atoms with van der Waals surface area (Å²) in [5.74, 6) is -2.51. The maximum atomic E-state index is 10.5. The van der Waals surface area contributed by atoms with Crippen molar-refractivity contribution in [3.8, 4) is 0 Å². The van der Waals surface area contributed by atoms with E-state index in [2.05, 4.69) is 0 Å². The molecule has 0 heterocycles. The summed E-state index contributed by atoms with van der Waals surface area (Å²) in [5, 5.41) is 8.12. The van der Waals surface area contributed by atoms with Gasteiger partial charge in [-0.3, -0.25) is 9.36 Å². The Hall–Kier alpha value is -0.760. The normalized spacial score (nSPS) is 12.9. The highest BCUT2D eigenvalue weighted by Gasteiger charge is 2.22. The van der Waals surface area contributed by atoms with Crippen LogP contribution in [0, 0.1) is 0 Å². The Morgan fingerprint density at radius 1 is 1.60 bits per heavy atom. The number of Topliss-reactive ketones (excluding diaryl/α,β-unsaturated/α-hetero) is 1. The molecule has 0 aromatic carbocycles.